The Morgan fingerprint density at radius 1 is 0.759 bits per heavy atom. The number of rotatable bonds is 4. The molecule has 0 spiro atoms. The second kappa shape index (κ2) is 21.3. The molecule has 154 valence electrons. The maximum Gasteiger partial charge on any atom is 0.335 e. The Morgan fingerprint density at radius 2 is 1.00 bits per heavy atom. The molecule has 0 bridgehead atoms. The fourth-order valence-electron chi connectivity index (χ4n) is 1.22. The first-order chi connectivity index (χ1) is 13.3. The molecule has 2 aromatic carbocycles. The van der Waals surface area contributed by atoms with E-state index in [9.17, 15) is 9.59 Å². The van der Waals surface area contributed by atoms with E-state index in [0.29, 0.717) is 0 Å². The largest absolute Gasteiger partial charge is 2.00 e. The normalized spacial score (nSPS) is 7.48. The summed E-state index contributed by atoms with van der Waals surface area (Å²) in [5.41, 5.74) is 0.167. The molecule has 0 radical (unpaired) electrons. The summed E-state index contributed by atoms with van der Waals surface area (Å²) < 4.78 is 3.96. The van der Waals surface area contributed by atoms with E-state index in [-0.39, 0.29) is 39.8 Å². The van der Waals surface area contributed by atoms with Gasteiger partial charge in [0.05, 0.1) is 11.1 Å². The number of carboxylic acids is 2. The maximum atomic E-state index is 10.3. The van der Waals surface area contributed by atoms with Gasteiger partial charge in [-0.25, -0.2) is 9.59 Å². The predicted octanol–water partition coefficient (Wildman–Crippen LogP) is 4.97. The number of hydrogen-bond acceptors (Lipinski definition) is 4. The van der Waals surface area contributed by atoms with Crippen molar-refractivity contribution in [1.29, 1.82) is 0 Å². The number of benzene rings is 2. The van der Waals surface area contributed by atoms with Gasteiger partial charge in [-0.05, 0) is 37.3 Å². The summed E-state index contributed by atoms with van der Waals surface area (Å²) >= 11 is -0.254. The summed E-state index contributed by atoms with van der Waals surface area (Å²) in [6, 6.07) is 17.0. The van der Waals surface area contributed by atoms with E-state index in [1.165, 1.54) is 37.3 Å². The monoisotopic (exact) mass is 478 g/mol. The Hall–Kier alpha value is -2.96. The zero-order valence-electron chi connectivity index (χ0n) is 15.9. The zero-order valence-corrected chi connectivity index (χ0v) is 18.4. The Balaban J connectivity index is -0.000000338. The average Bonchev–Trinajstić information content (AvgIpc) is 2.71. The maximum absolute atomic E-state index is 10.3. The molecular weight excluding hydrogens is 455 g/mol. The first kappa shape index (κ1) is 30.8. The molecular formula is C21H24O7Zr. The molecule has 2 aromatic rings. The van der Waals surface area contributed by atoms with Crippen LogP contribution in [0.2, 0.25) is 0 Å². The van der Waals surface area contributed by atoms with Gasteiger partial charge >= 0.3 is 55.9 Å². The van der Waals surface area contributed by atoms with Gasteiger partial charge in [-0.1, -0.05) is 36.4 Å². The number of aliphatic hydroxyl groups is 2. The van der Waals surface area contributed by atoms with Gasteiger partial charge in [-0.15, -0.1) is 0 Å². The Morgan fingerprint density at radius 3 is 1.10 bits per heavy atom. The van der Waals surface area contributed by atoms with Crippen LogP contribution >= 0.6 is 0 Å². The van der Waals surface area contributed by atoms with Gasteiger partial charge in [0.1, 0.15) is 0 Å². The van der Waals surface area contributed by atoms with E-state index in [0.717, 1.165) is 0 Å². The van der Waals surface area contributed by atoms with Crippen molar-refractivity contribution in [2.24, 2.45) is 0 Å². The van der Waals surface area contributed by atoms with Gasteiger partial charge in [0.15, 0.2) is 0 Å². The molecule has 0 saturated carbocycles. The van der Waals surface area contributed by atoms with Gasteiger partial charge in [-0.2, -0.15) is 0 Å². The first-order valence-electron chi connectivity index (χ1n) is 7.88. The van der Waals surface area contributed by atoms with Crippen molar-refractivity contribution in [3.8, 4) is 0 Å². The molecule has 0 atom stereocenters. The summed E-state index contributed by atoms with van der Waals surface area (Å²) in [6.07, 6.45) is 1.19. The third-order valence-corrected chi connectivity index (χ3v) is 3.70. The Bertz CT molecular complexity index is 657. The SMILES string of the molecule is C=[CH][Zr+2][CH]=C.CC=C(O)O.O=C(O)c1ccc(C(=O)O)cc1.[O-2].c1ccccc1. The molecule has 4 N–H and O–H groups in total. The van der Waals surface area contributed by atoms with Crippen molar-refractivity contribution in [2.45, 2.75) is 6.92 Å². The fraction of sp³-hybridized carbons (Fsp3) is 0.0476. The summed E-state index contributed by atoms with van der Waals surface area (Å²) in [4.78, 5) is 20.7. The molecule has 29 heavy (non-hydrogen) atoms. The molecule has 2 rings (SSSR count). The number of hydrogen-bond donors (Lipinski definition) is 4. The van der Waals surface area contributed by atoms with Crippen LogP contribution in [0.25, 0.3) is 0 Å². The van der Waals surface area contributed by atoms with Gasteiger partial charge in [0.25, 0.3) is 5.95 Å². The van der Waals surface area contributed by atoms with Crippen molar-refractivity contribution in [3.05, 3.63) is 105 Å². The van der Waals surface area contributed by atoms with Gasteiger partial charge in [0.2, 0.25) is 0 Å². The zero-order chi connectivity index (χ0) is 21.8. The van der Waals surface area contributed by atoms with Crippen molar-refractivity contribution in [2.75, 3.05) is 0 Å². The summed E-state index contributed by atoms with van der Waals surface area (Å²) in [6.45, 7) is 8.65. The van der Waals surface area contributed by atoms with Crippen LogP contribution in [-0.2, 0) is 28.7 Å². The molecule has 0 aromatic heterocycles. The Labute approximate surface area is 181 Å². The van der Waals surface area contributed by atoms with Gasteiger partial charge < -0.3 is 25.9 Å². The molecule has 0 amide bonds. The second-order valence-electron chi connectivity index (χ2n) is 4.56. The van der Waals surface area contributed by atoms with E-state index in [4.69, 9.17) is 20.4 Å². The van der Waals surface area contributed by atoms with Crippen LogP contribution < -0.4 is 0 Å². The standard InChI is InChI=1S/C8H6O4.C6H6.C3H6O2.2C2H3.O.Zr/c9-7(10)5-1-2-6(4-3-5)8(11)12;1-2-4-6-5-3-1;1-2-3(4)5;2*1-2;;/h1-4H,(H,9,10)(H,11,12);1-6H;2,4-5H,1H3;2*1H,2H2;;/q;;;;;-2;+2. The van der Waals surface area contributed by atoms with Crippen molar-refractivity contribution < 1.29 is 58.7 Å². The van der Waals surface area contributed by atoms with Crippen LogP contribution in [0.3, 0.4) is 0 Å². The first-order valence-corrected chi connectivity index (χ1v) is 10.7. The van der Waals surface area contributed by atoms with Crippen LogP contribution in [0.1, 0.15) is 27.6 Å². The number of allylic oxidation sites excluding steroid dienone is 1. The molecule has 0 heterocycles. The minimum Gasteiger partial charge on any atom is -2.00 e. The summed E-state index contributed by atoms with van der Waals surface area (Å²) in [5.74, 6) is -2.75. The predicted molar refractivity (Wildman–Crippen MR) is 107 cm³/mol. The van der Waals surface area contributed by atoms with Crippen molar-refractivity contribution in [3.63, 3.8) is 0 Å². The smallest absolute Gasteiger partial charge is 0.335 e. The number of aliphatic hydroxyl groups excluding tert-OH is 1. The summed E-state index contributed by atoms with van der Waals surface area (Å²) in [7, 11) is 0. The van der Waals surface area contributed by atoms with Crippen LogP contribution in [0.15, 0.2) is 93.4 Å². The average molecular weight is 480 g/mol. The van der Waals surface area contributed by atoms with E-state index in [1.54, 1.807) is 0 Å². The quantitative estimate of drug-likeness (QED) is 0.456. The van der Waals surface area contributed by atoms with E-state index in [2.05, 4.69) is 13.2 Å². The van der Waals surface area contributed by atoms with Crippen molar-refractivity contribution >= 4 is 11.9 Å². The van der Waals surface area contributed by atoms with E-state index >= 15 is 0 Å². The molecule has 0 aliphatic heterocycles. The molecule has 0 aliphatic carbocycles. The van der Waals surface area contributed by atoms with Crippen LogP contribution in [0.5, 0.6) is 0 Å². The van der Waals surface area contributed by atoms with E-state index < -0.39 is 17.9 Å². The number of carbonyl (C=O) groups is 2. The van der Waals surface area contributed by atoms with Crippen molar-refractivity contribution in [1.82, 2.24) is 0 Å². The molecule has 0 fully saturated rings. The third-order valence-electron chi connectivity index (χ3n) is 2.54. The topological polar surface area (TPSA) is 144 Å². The minimum absolute atomic E-state index is 0. The molecule has 8 heteroatoms. The summed E-state index contributed by atoms with van der Waals surface area (Å²) in [5, 5.41) is 32.5. The Kier molecular flexibility index (Phi) is 22.6. The second-order valence-corrected chi connectivity index (χ2v) is 7.39. The van der Waals surface area contributed by atoms with Crippen LogP contribution in [0.4, 0.5) is 0 Å². The van der Waals surface area contributed by atoms with Crippen LogP contribution in [0, 0.1) is 0 Å². The fourth-order valence-corrected chi connectivity index (χ4v) is 1.63. The minimum atomic E-state index is -1.06. The number of carboxylic acid groups (broad SMARTS) is 2. The molecule has 0 aliphatic rings. The molecule has 7 nitrogen and oxygen atoms in total. The van der Waals surface area contributed by atoms with E-state index in [1.807, 2.05) is 44.0 Å². The molecule has 0 unspecified atom stereocenters. The van der Waals surface area contributed by atoms with Gasteiger partial charge in [-0.3, -0.25) is 0 Å². The third kappa shape index (κ3) is 21.2. The van der Waals surface area contributed by atoms with Gasteiger partial charge in [0, 0.05) is 0 Å². The van der Waals surface area contributed by atoms with Crippen LogP contribution in [-0.4, -0.2) is 32.4 Å². The number of aromatic carboxylic acids is 2. The molecule has 0 saturated heterocycles.